The molecule has 0 bridgehead atoms. The molecule has 1 N–H and O–H groups in total. The highest BCUT2D eigenvalue weighted by molar-refractivity contribution is 7.89. The molecule has 2 aromatic carbocycles. The number of anilines is 1. The number of hydrogen-bond donors (Lipinski definition) is 1. The molecule has 0 unspecified atom stereocenters. The van der Waals surface area contributed by atoms with Gasteiger partial charge in [-0.05, 0) is 49.9 Å². The minimum Gasteiger partial charge on any atom is -0.325 e. The van der Waals surface area contributed by atoms with Gasteiger partial charge in [0.25, 0.3) is 0 Å². The second-order valence-corrected chi connectivity index (χ2v) is 9.64. The summed E-state index contributed by atoms with van der Waals surface area (Å²) in [5.74, 6) is -0.00241. The number of benzene rings is 2. The molecule has 0 spiro atoms. The van der Waals surface area contributed by atoms with Crippen LogP contribution >= 0.6 is 0 Å². The molecule has 2 amide bonds. The number of piperidine rings is 1. The Bertz CT molecular complexity index is 1000. The second kappa shape index (κ2) is 9.40. The van der Waals surface area contributed by atoms with Crippen LogP contribution in [0.4, 0.5) is 10.5 Å². The van der Waals surface area contributed by atoms with E-state index in [9.17, 15) is 18.0 Å². The number of carbonyl (C=O) groups excluding carboxylic acids is 2. The summed E-state index contributed by atoms with van der Waals surface area (Å²) in [7, 11) is -2.12. The van der Waals surface area contributed by atoms with Crippen LogP contribution in [0.25, 0.3) is 0 Å². The summed E-state index contributed by atoms with van der Waals surface area (Å²) in [6, 6.07) is 15.3. The fraction of sp³-hybridized carbons (Fsp3) is 0.364. The number of carbonyl (C=O) groups is 2. The first-order valence-corrected chi connectivity index (χ1v) is 11.4. The van der Waals surface area contributed by atoms with Gasteiger partial charge in [-0.25, -0.2) is 17.5 Å². The van der Waals surface area contributed by atoms with Gasteiger partial charge in [-0.2, -0.15) is 0 Å². The van der Waals surface area contributed by atoms with Crippen LogP contribution in [0.15, 0.2) is 59.5 Å². The normalized spacial score (nSPS) is 15.2. The molecule has 3 rings (SSSR count). The topological polar surface area (TPSA) is 86.8 Å². The monoisotopic (exact) mass is 429 g/mol. The van der Waals surface area contributed by atoms with E-state index in [0.717, 1.165) is 18.5 Å². The summed E-state index contributed by atoms with van der Waals surface area (Å²) in [6.07, 6.45) is 1.46. The fourth-order valence-electron chi connectivity index (χ4n) is 3.56. The summed E-state index contributed by atoms with van der Waals surface area (Å²) in [4.78, 5) is 25.9. The van der Waals surface area contributed by atoms with Gasteiger partial charge in [0.15, 0.2) is 5.78 Å². The lowest BCUT2D eigenvalue weighted by Gasteiger charge is -2.33. The van der Waals surface area contributed by atoms with Gasteiger partial charge in [0.05, 0.1) is 4.90 Å². The van der Waals surface area contributed by atoms with Gasteiger partial charge in [0.2, 0.25) is 10.0 Å². The van der Waals surface area contributed by atoms with E-state index in [-0.39, 0.29) is 22.6 Å². The van der Waals surface area contributed by atoms with Crippen LogP contribution in [-0.4, -0.2) is 56.1 Å². The largest absolute Gasteiger partial charge is 0.325 e. The minimum atomic E-state index is -3.68. The van der Waals surface area contributed by atoms with Crippen molar-refractivity contribution in [3.63, 3.8) is 0 Å². The van der Waals surface area contributed by atoms with Crippen molar-refractivity contribution in [2.75, 3.05) is 32.0 Å². The number of amides is 2. The number of para-hydroxylation sites is 1. The minimum absolute atomic E-state index is 0.123. The Morgan fingerprint density at radius 2 is 1.73 bits per heavy atom. The molecule has 2 aromatic rings. The van der Waals surface area contributed by atoms with Crippen molar-refractivity contribution in [1.82, 2.24) is 9.21 Å². The number of rotatable bonds is 6. The Labute approximate surface area is 177 Å². The summed E-state index contributed by atoms with van der Waals surface area (Å²) in [6.45, 7) is 2.95. The van der Waals surface area contributed by atoms with Crippen molar-refractivity contribution < 1.29 is 18.0 Å². The number of ketones is 1. The molecule has 160 valence electrons. The molecule has 1 aliphatic rings. The molecule has 8 heteroatoms. The van der Waals surface area contributed by atoms with Crippen molar-refractivity contribution >= 4 is 27.5 Å². The zero-order chi connectivity index (χ0) is 21.7. The summed E-state index contributed by atoms with van der Waals surface area (Å²) < 4.78 is 27.1. The van der Waals surface area contributed by atoms with E-state index in [1.165, 1.54) is 23.4 Å². The number of nitrogens with zero attached hydrogens (tertiary/aromatic N) is 2. The van der Waals surface area contributed by atoms with Gasteiger partial charge in [-0.3, -0.25) is 4.79 Å². The van der Waals surface area contributed by atoms with E-state index in [4.69, 9.17) is 0 Å². The Balaban J connectivity index is 1.55. The Morgan fingerprint density at radius 3 is 2.37 bits per heavy atom. The third-order valence-corrected chi connectivity index (χ3v) is 7.21. The number of hydrogen-bond acceptors (Lipinski definition) is 4. The van der Waals surface area contributed by atoms with Crippen molar-refractivity contribution in [2.24, 2.45) is 5.92 Å². The predicted molar refractivity (Wildman–Crippen MR) is 116 cm³/mol. The molecule has 0 aromatic heterocycles. The highest BCUT2D eigenvalue weighted by Gasteiger charge is 2.28. The quantitative estimate of drug-likeness (QED) is 0.713. The van der Waals surface area contributed by atoms with Crippen molar-refractivity contribution in [3.8, 4) is 0 Å². The molecular formula is C22H27N3O4S. The first kappa shape index (κ1) is 22.0. The van der Waals surface area contributed by atoms with Gasteiger partial charge >= 0.3 is 6.03 Å². The number of Topliss-reactive ketones (excluding diaryl/α,β-unsaturated/α-hetero) is 1. The van der Waals surface area contributed by atoms with Crippen LogP contribution in [0.2, 0.25) is 0 Å². The maximum Gasteiger partial charge on any atom is 0.321 e. The molecule has 1 saturated heterocycles. The summed E-state index contributed by atoms with van der Waals surface area (Å²) >= 11 is 0. The predicted octanol–water partition coefficient (Wildman–Crippen LogP) is 3.45. The summed E-state index contributed by atoms with van der Waals surface area (Å²) in [5.41, 5.74) is 1.13. The molecule has 0 atom stereocenters. The van der Waals surface area contributed by atoms with Crippen molar-refractivity contribution in [1.29, 1.82) is 0 Å². The van der Waals surface area contributed by atoms with Crippen LogP contribution in [-0.2, 0) is 10.0 Å². The molecular weight excluding hydrogens is 402 g/mol. The molecule has 30 heavy (non-hydrogen) atoms. The number of likely N-dealkylation sites (tertiary alicyclic amines) is 1. The third kappa shape index (κ3) is 5.25. The maximum atomic E-state index is 12.9. The van der Waals surface area contributed by atoms with Crippen LogP contribution in [0, 0.1) is 5.92 Å². The highest BCUT2D eigenvalue weighted by Crippen LogP contribution is 2.23. The fourth-order valence-corrected chi connectivity index (χ4v) is 4.85. The van der Waals surface area contributed by atoms with Gasteiger partial charge < -0.3 is 10.2 Å². The van der Waals surface area contributed by atoms with E-state index >= 15 is 0 Å². The van der Waals surface area contributed by atoms with Gasteiger partial charge in [0, 0.05) is 37.9 Å². The summed E-state index contributed by atoms with van der Waals surface area (Å²) in [5, 5.41) is 2.88. The van der Waals surface area contributed by atoms with E-state index in [1.807, 2.05) is 30.3 Å². The van der Waals surface area contributed by atoms with E-state index in [2.05, 4.69) is 5.32 Å². The van der Waals surface area contributed by atoms with Crippen LogP contribution in [0.5, 0.6) is 0 Å². The van der Waals surface area contributed by atoms with Gasteiger partial charge in [-0.1, -0.05) is 30.3 Å². The zero-order valence-corrected chi connectivity index (χ0v) is 18.1. The maximum absolute atomic E-state index is 12.9. The zero-order valence-electron chi connectivity index (χ0n) is 17.2. The second-order valence-electron chi connectivity index (χ2n) is 7.60. The average molecular weight is 430 g/mol. The molecule has 7 nitrogen and oxygen atoms in total. The smallest absolute Gasteiger partial charge is 0.321 e. The lowest BCUT2D eigenvalue weighted by molar-refractivity contribution is 0.101. The number of nitrogens with one attached hydrogen (secondary N) is 1. The van der Waals surface area contributed by atoms with Gasteiger partial charge in [-0.15, -0.1) is 0 Å². The van der Waals surface area contributed by atoms with E-state index in [0.29, 0.717) is 25.2 Å². The standard InChI is InChI=1S/C22H27N3O4S/c1-17(26)19-7-6-10-21(15-19)30(28,29)24(2)16-18-11-13-25(14-12-18)22(27)23-20-8-4-3-5-9-20/h3-10,15,18H,11-14,16H2,1-2H3,(H,23,27). The molecule has 0 radical (unpaired) electrons. The SMILES string of the molecule is CC(=O)c1cccc(S(=O)(=O)N(C)CC2CCN(C(=O)Nc3ccccc3)CC2)c1. The Hall–Kier alpha value is -2.71. The highest BCUT2D eigenvalue weighted by atomic mass is 32.2. The van der Waals surface area contributed by atoms with E-state index in [1.54, 1.807) is 24.1 Å². The van der Waals surface area contributed by atoms with Crippen molar-refractivity contribution in [3.05, 3.63) is 60.2 Å². The van der Waals surface area contributed by atoms with Gasteiger partial charge in [0.1, 0.15) is 0 Å². The molecule has 0 saturated carbocycles. The number of sulfonamides is 1. The van der Waals surface area contributed by atoms with Crippen LogP contribution in [0.3, 0.4) is 0 Å². The lowest BCUT2D eigenvalue weighted by Crippen LogP contribution is -2.43. The third-order valence-electron chi connectivity index (χ3n) is 5.39. The van der Waals surface area contributed by atoms with Crippen LogP contribution in [0.1, 0.15) is 30.1 Å². The molecule has 1 heterocycles. The Kier molecular flexibility index (Phi) is 6.89. The first-order valence-electron chi connectivity index (χ1n) is 9.95. The average Bonchev–Trinajstić information content (AvgIpc) is 2.75. The lowest BCUT2D eigenvalue weighted by atomic mass is 9.97. The molecule has 1 aliphatic heterocycles. The molecule has 0 aliphatic carbocycles. The molecule has 1 fully saturated rings. The number of urea groups is 1. The first-order chi connectivity index (χ1) is 14.3. The van der Waals surface area contributed by atoms with Crippen molar-refractivity contribution in [2.45, 2.75) is 24.7 Å². The Morgan fingerprint density at radius 1 is 1.07 bits per heavy atom. The van der Waals surface area contributed by atoms with Crippen LogP contribution < -0.4 is 5.32 Å². The van der Waals surface area contributed by atoms with E-state index < -0.39 is 10.0 Å².